The predicted molar refractivity (Wildman–Crippen MR) is 33.8 cm³/mol. The van der Waals surface area contributed by atoms with Gasteiger partial charge in [0.05, 0.1) is 0 Å². The summed E-state index contributed by atoms with van der Waals surface area (Å²) >= 11 is 0. The first kappa shape index (κ1) is 11.5. The van der Waals surface area contributed by atoms with Crippen LogP contribution >= 0.6 is 0 Å². The molecule has 0 fully saturated rings. The second-order valence-corrected chi connectivity index (χ2v) is 2.34. The molecule has 0 saturated carbocycles. The van der Waals surface area contributed by atoms with E-state index in [0.29, 0.717) is 0 Å². The van der Waals surface area contributed by atoms with Crippen LogP contribution in [0.15, 0.2) is 10.6 Å². The number of carbonyl (C=O) groups is 1. The van der Waals surface area contributed by atoms with Crippen molar-refractivity contribution in [3.8, 4) is 0 Å². The van der Waals surface area contributed by atoms with E-state index >= 15 is 0 Å². The van der Waals surface area contributed by atoms with E-state index in [1.54, 1.807) is 0 Å². The molecule has 0 N–H and O–H groups in total. The molecule has 9 heteroatoms. The van der Waals surface area contributed by atoms with Gasteiger partial charge in [-0.15, -0.1) is 0 Å². The largest absolute Gasteiger partial charge is 0.434 e. The van der Waals surface area contributed by atoms with Crippen molar-refractivity contribution < 1.29 is 31.1 Å². The molecule has 0 aliphatic carbocycles. The SMILES string of the molecule is O=C1[N][C]=C(C(F)(F)F)C(C(F)(F)F)=N1. The zero-order valence-electron chi connectivity index (χ0n) is 6.57. The number of halogens is 6. The molecule has 1 heterocycles. The minimum Gasteiger partial charge on any atom is -0.244 e. The van der Waals surface area contributed by atoms with Crippen LogP contribution in [-0.4, -0.2) is 24.1 Å². The van der Waals surface area contributed by atoms with E-state index in [4.69, 9.17) is 0 Å². The maximum atomic E-state index is 12.0. The van der Waals surface area contributed by atoms with Crippen LogP contribution in [0.5, 0.6) is 0 Å². The van der Waals surface area contributed by atoms with Crippen LogP contribution in [0.4, 0.5) is 31.1 Å². The Hall–Kier alpha value is -1.54. The topological polar surface area (TPSA) is 43.5 Å². The smallest absolute Gasteiger partial charge is 0.244 e. The van der Waals surface area contributed by atoms with E-state index in [9.17, 15) is 31.1 Å². The minimum atomic E-state index is -5.37. The van der Waals surface area contributed by atoms with Gasteiger partial charge in [-0.2, -0.15) is 36.7 Å². The number of hydrogen-bond acceptors (Lipinski definition) is 1. The van der Waals surface area contributed by atoms with E-state index in [-0.39, 0.29) is 0 Å². The molecular weight excluding hydrogens is 230 g/mol. The van der Waals surface area contributed by atoms with Gasteiger partial charge in [-0.05, 0) is 0 Å². The number of amides is 2. The Morgan fingerprint density at radius 2 is 1.53 bits per heavy atom. The lowest BCUT2D eigenvalue weighted by Crippen LogP contribution is -2.36. The highest BCUT2D eigenvalue weighted by molar-refractivity contribution is 6.11. The fourth-order valence-electron chi connectivity index (χ4n) is 0.736. The summed E-state index contributed by atoms with van der Waals surface area (Å²) in [5, 5.41) is 2.41. The van der Waals surface area contributed by atoms with E-state index in [0.717, 1.165) is 6.20 Å². The van der Waals surface area contributed by atoms with Crippen LogP contribution in [-0.2, 0) is 0 Å². The third-order valence-electron chi connectivity index (χ3n) is 1.26. The van der Waals surface area contributed by atoms with E-state index in [2.05, 4.69) is 10.3 Å². The summed E-state index contributed by atoms with van der Waals surface area (Å²) in [7, 11) is 0. The first-order valence-corrected chi connectivity index (χ1v) is 3.23. The Morgan fingerprint density at radius 1 is 1.00 bits per heavy atom. The summed E-state index contributed by atoms with van der Waals surface area (Å²) in [6.45, 7) is 0. The molecule has 0 atom stereocenters. The van der Waals surface area contributed by atoms with Crippen LogP contribution < -0.4 is 5.32 Å². The second-order valence-electron chi connectivity index (χ2n) is 2.34. The molecule has 1 aliphatic heterocycles. The van der Waals surface area contributed by atoms with Gasteiger partial charge >= 0.3 is 18.4 Å². The first-order valence-electron chi connectivity index (χ1n) is 3.23. The number of alkyl halides is 6. The number of aliphatic imine (C=N–C) groups is 1. The average Bonchev–Trinajstić information content (AvgIpc) is 2.00. The van der Waals surface area contributed by atoms with Gasteiger partial charge in [0.1, 0.15) is 11.8 Å². The molecule has 0 spiro atoms. The van der Waals surface area contributed by atoms with Crippen molar-refractivity contribution in [1.82, 2.24) is 5.32 Å². The zero-order valence-corrected chi connectivity index (χ0v) is 6.57. The van der Waals surface area contributed by atoms with E-state index in [1.807, 2.05) is 0 Å². The molecule has 1 rings (SSSR count). The van der Waals surface area contributed by atoms with Gasteiger partial charge in [0.15, 0.2) is 5.71 Å². The third-order valence-corrected chi connectivity index (χ3v) is 1.26. The average molecular weight is 230 g/mol. The van der Waals surface area contributed by atoms with Crippen molar-refractivity contribution in [2.24, 2.45) is 4.99 Å². The first-order chi connectivity index (χ1) is 6.62. The molecule has 15 heavy (non-hydrogen) atoms. The Labute approximate surface area is 78.5 Å². The number of hydrogen-bond donors (Lipinski definition) is 0. The number of carbonyl (C=O) groups excluding carboxylic acids is 1. The standard InChI is InChI=1S/C6F6N2O/c7-5(8,9)2-1-13-4(15)14-3(2)6(10,11)12. The van der Waals surface area contributed by atoms with E-state index < -0.39 is 29.7 Å². The van der Waals surface area contributed by atoms with Crippen molar-refractivity contribution in [1.29, 1.82) is 0 Å². The van der Waals surface area contributed by atoms with Crippen molar-refractivity contribution in [2.45, 2.75) is 12.4 Å². The summed E-state index contributed by atoms with van der Waals surface area (Å²) in [6, 6.07) is -1.67. The lowest BCUT2D eigenvalue weighted by Gasteiger charge is -2.17. The van der Waals surface area contributed by atoms with Crippen molar-refractivity contribution in [3.63, 3.8) is 0 Å². The van der Waals surface area contributed by atoms with Crippen LogP contribution in [0.25, 0.3) is 0 Å². The minimum absolute atomic E-state index is 0.982. The Kier molecular flexibility index (Phi) is 2.49. The number of allylic oxidation sites excluding steroid dienone is 1. The van der Waals surface area contributed by atoms with Gasteiger partial charge in [-0.1, -0.05) is 0 Å². The van der Waals surface area contributed by atoms with Crippen molar-refractivity contribution in [3.05, 3.63) is 11.8 Å². The summed E-state index contributed by atoms with van der Waals surface area (Å²) in [5.74, 6) is 0. The molecule has 2 amide bonds. The Bertz CT molecular complexity index is 350. The monoisotopic (exact) mass is 230 g/mol. The molecule has 0 bridgehead atoms. The second kappa shape index (κ2) is 3.24. The van der Waals surface area contributed by atoms with Gasteiger partial charge in [0.2, 0.25) is 0 Å². The molecule has 3 nitrogen and oxygen atoms in total. The van der Waals surface area contributed by atoms with Crippen molar-refractivity contribution in [2.75, 3.05) is 0 Å². The maximum absolute atomic E-state index is 12.0. The van der Waals surface area contributed by atoms with Crippen molar-refractivity contribution >= 4 is 11.7 Å². The number of nitrogens with zero attached hydrogens (tertiary/aromatic N) is 2. The number of rotatable bonds is 0. The molecule has 0 saturated heterocycles. The third kappa shape index (κ3) is 2.48. The van der Waals surface area contributed by atoms with E-state index in [1.165, 1.54) is 0 Å². The molecule has 0 aromatic heterocycles. The number of urea groups is 1. The van der Waals surface area contributed by atoms with Crippen LogP contribution in [0, 0.1) is 6.20 Å². The predicted octanol–water partition coefficient (Wildman–Crippen LogP) is 1.98. The molecule has 0 aromatic carbocycles. The molecule has 2 radical (unpaired) electrons. The van der Waals surface area contributed by atoms with Crippen LogP contribution in [0.3, 0.4) is 0 Å². The quantitative estimate of drug-likeness (QED) is 0.586. The Balaban J connectivity index is 3.19. The highest BCUT2D eigenvalue weighted by Crippen LogP contribution is 2.33. The maximum Gasteiger partial charge on any atom is 0.434 e. The summed E-state index contributed by atoms with van der Waals surface area (Å²) < 4.78 is 72.0. The summed E-state index contributed by atoms with van der Waals surface area (Å²) in [4.78, 5) is 12.5. The normalized spacial score (nSPS) is 18.1. The van der Waals surface area contributed by atoms with Crippen LogP contribution in [0.2, 0.25) is 0 Å². The molecule has 0 aromatic rings. The highest BCUT2D eigenvalue weighted by atomic mass is 19.4. The summed E-state index contributed by atoms with van der Waals surface area (Å²) in [5.41, 5.74) is -4.52. The Morgan fingerprint density at radius 3 is 1.93 bits per heavy atom. The molecule has 0 unspecified atom stereocenters. The molecule has 82 valence electrons. The fourth-order valence-corrected chi connectivity index (χ4v) is 0.736. The lowest BCUT2D eigenvalue weighted by molar-refractivity contribution is -0.0974. The van der Waals surface area contributed by atoms with Crippen LogP contribution in [0.1, 0.15) is 0 Å². The van der Waals surface area contributed by atoms with Gasteiger partial charge in [-0.3, -0.25) is 0 Å². The summed E-state index contributed by atoms with van der Waals surface area (Å²) in [6.07, 6.45) is -9.70. The molecule has 1 aliphatic rings. The lowest BCUT2D eigenvalue weighted by atomic mass is 10.1. The zero-order chi connectivity index (χ0) is 11.9. The molecular formula is C6F6N2O. The fraction of sp³-hybridized carbons (Fsp3) is 0.333. The van der Waals surface area contributed by atoms with Gasteiger partial charge in [0.25, 0.3) is 0 Å². The van der Waals surface area contributed by atoms with Gasteiger partial charge in [-0.25, -0.2) is 4.79 Å². The van der Waals surface area contributed by atoms with Gasteiger partial charge < -0.3 is 0 Å². The highest BCUT2D eigenvalue weighted by Gasteiger charge is 2.50. The van der Waals surface area contributed by atoms with Gasteiger partial charge in [0, 0.05) is 0 Å².